The van der Waals surface area contributed by atoms with Gasteiger partial charge in [-0.3, -0.25) is 10.1 Å². The van der Waals surface area contributed by atoms with Gasteiger partial charge in [0.2, 0.25) is 0 Å². The summed E-state index contributed by atoms with van der Waals surface area (Å²) in [5.74, 6) is -0.496. The lowest BCUT2D eigenvalue weighted by molar-refractivity contribution is -0.124. The summed E-state index contributed by atoms with van der Waals surface area (Å²) in [4.78, 5) is 21.3. The number of nitrogens with two attached hydrogens (primary N) is 1. The predicted molar refractivity (Wildman–Crippen MR) is 58.8 cm³/mol. The molecule has 1 heterocycles. The third-order valence-electron chi connectivity index (χ3n) is 2.52. The van der Waals surface area contributed by atoms with Crippen molar-refractivity contribution < 1.29 is 14.3 Å². The molecule has 1 aliphatic rings. The predicted octanol–water partition coefficient (Wildman–Crippen LogP) is -0.270. The zero-order chi connectivity index (χ0) is 11.8. The molecule has 0 spiro atoms. The van der Waals surface area contributed by atoms with Crippen molar-refractivity contribution in [3.05, 3.63) is 0 Å². The van der Waals surface area contributed by atoms with Crippen molar-refractivity contribution in [3.8, 4) is 0 Å². The van der Waals surface area contributed by atoms with Crippen molar-refractivity contribution in [2.24, 2.45) is 5.73 Å². The van der Waals surface area contributed by atoms with Crippen LogP contribution in [0.15, 0.2) is 0 Å². The fraction of sp³-hybridized carbons (Fsp3) is 0.800. The molecule has 0 radical (unpaired) electrons. The Labute approximate surface area is 94.9 Å². The number of carbonyl (C=O) groups excluding carboxylic acids is 2. The average Bonchev–Trinajstić information content (AvgIpc) is 2.25. The van der Waals surface area contributed by atoms with E-state index < -0.39 is 11.9 Å². The number of primary amides is 1. The molecule has 0 aromatic carbocycles. The molecule has 1 unspecified atom stereocenters. The van der Waals surface area contributed by atoms with E-state index in [1.54, 1.807) is 0 Å². The van der Waals surface area contributed by atoms with E-state index in [2.05, 4.69) is 5.32 Å². The number of hydrogen-bond donors (Lipinski definition) is 3. The van der Waals surface area contributed by atoms with Crippen molar-refractivity contribution in [3.63, 3.8) is 0 Å². The highest BCUT2D eigenvalue weighted by Crippen LogP contribution is 2.09. The Morgan fingerprint density at radius 1 is 1.44 bits per heavy atom. The maximum Gasteiger partial charge on any atom is 0.318 e. The lowest BCUT2D eigenvalue weighted by Crippen LogP contribution is -2.38. The van der Waals surface area contributed by atoms with Gasteiger partial charge in [-0.25, -0.2) is 4.79 Å². The van der Waals surface area contributed by atoms with Gasteiger partial charge in [0.15, 0.2) is 0 Å². The maximum atomic E-state index is 11.0. The highest BCUT2D eigenvalue weighted by molar-refractivity contribution is 5.94. The highest BCUT2D eigenvalue weighted by atomic mass is 16.5. The zero-order valence-electron chi connectivity index (χ0n) is 9.33. The van der Waals surface area contributed by atoms with E-state index in [0.29, 0.717) is 12.6 Å². The van der Waals surface area contributed by atoms with Crippen molar-refractivity contribution in [1.29, 1.82) is 0 Å². The van der Waals surface area contributed by atoms with Crippen LogP contribution in [0.25, 0.3) is 0 Å². The number of hydrogen-bond acceptors (Lipinski definition) is 4. The van der Waals surface area contributed by atoms with Gasteiger partial charge in [0.05, 0.1) is 0 Å². The molecule has 92 valence electrons. The summed E-state index contributed by atoms with van der Waals surface area (Å²) < 4.78 is 5.14. The lowest BCUT2D eigenvalue weighted by Gasteiger charge is -2.23. The summed E-state index contributed by atoms with van der Waals surface area (Å²) in [6.45, 7) is 1.46. The molecular weight excluding hydrogens is 210 g/mol. The molecule has 1 saturated heterocycles. The normalized spacial score (nSPS) is 20.4. The van der Waals surface area contributed by atoms with Crippen LogP contribution >= 0.6 is 0 Å². The molecule has 16 heavy (non-hydrogen) atoms. The summed E-state index contributed by atoms with van der Waals surface area (Å²) in [6.07, 6.45) is 4.54. The zero-order valence-corrected chi connectivity index (χ0v) is 9.33. The molecule has 1 fully saturated rings. The Bertz CT molecular complexity index is 239. The minimum atomic E-state index is -0.845. The third-order valence-corrected chi connectivity index (χ3v) is 2.52. The summed E-state index contributed by atoms with van der Waals surface area (Å²) in [5.41, 5.74) is 4.78. The van der Waals surface area contributed by atoms with Crippen LogP contribution in [0, 0.1) is 0 Å². The number of carbonyl (C=O) groups is 2. The second kappa shape index (κ2) is 7.19. The lowest BCUT2D eigenvalue weighted by atomic mass is 10.0. The maximum absolute atomic E-state index is 11.0. The molecule has 1 aliphatic heterocycles. The van der Waals surface area contributed by atoms with Crippen LogP contribution in [0.2, 0.25) is 0 Å². The van der Waals surface area contributed by atoms with Gasteiger partial charge in [-0.15, -0.1) is 0 Å². The molecule has 6 nitrogen and oxygen atoms in total. The first-order valence-corrected chi connectivity index (χ1v) is 5.59. The summed E-state index contributed by atoms with van der Waals surface area (Å²) >= 11 is 0. The van der Waals surface area contributed by atoms with Crippen LogP contribution in [0.5, 0.6) is 0 Å². The van der Waals surface area contributed by atoms with Crippen molar-refractivity contribution in [2.75, 3.05) is 19.8 Å². The Morgan fingerprint density at radius 2 is 2.25 bits per heavy atom. The molecule has 1 atom stereocenters. The quantitative estimate of drug-likeness (QED) is 0.566. The van der Waals surface area contributed by atoms with Crippen molar-refractivity contribution in [1.82, 2.24) is 10.6 Å². The minimum absolute atomic E-state index is 0.115. The first kappa shape index (κ1) is 12.9. The van der Waals surface area contributed by atoms with Gasteiger partial charge in [0.25, 0.3) is 5.91 Å². The fourth-order valence-electron chi connectivity index (χ4n) is 1.73. The Balaban J connectivity index is 1.98. The number of ether oxygens (including phenoxy) is 1. The number of nitrogens with one attached hydrogen (secondary N) is 2. The summed E-state index contributed by atoms with van der Waals surface area (Å²) in [5, 5.41) is 5.33. The molecular formula is C10H19N3O3. The van der Waals surface area contributed by atoms with Crippen LogP contribution in [0.3, 0.4) is 0 Å². The average molecular weight is 229 g/mol. The number of rotatable bonds is 5. The smallest absolute Gasteiger partial charge is 0.318 e. The molecule has 0 aromatic rings. The van der Waals surface area contributed by atoms with Crippen molar-refractivity contribution in [2.45, 2.75) is 31.7 Å². The third kappa shape index (κ3) is 5.67. The van der Waals surface area contributed by atoms with E-state index in [9.17, 15) is 9.59 Å². The van der Waals surface area contributed by atoms with Gasteiger partial charge < -0.3 is 15.8 Å². The molecule has 0 saturated carbocycles. The van der Waals surface area contributed by atoms with Crippen LogP contribution < -0.4 is 16.4 Å². The molecule has 0 bridgehead atoms. The second-order valence-corrected chi connectivity index (χ2v) is 3.90. The number of urea groups is 1. The van der Waals surface area contributed by atoms with Crippen LogP contribution in [0.1, 0.15) is 25.7 Å². The van der Waals surface area contributed by atoms with Crippen LogP contribution in [0.4, 0.5) is 4.79 Å². The van der Waals surface area contributed by atoms with E-state index >= 15 is 0 Å². The molecule has 1 rings (SSSR count). The summed E-state index contributed by atoms with van der Waals surface area (Å²) in [6, 6.07) is -0.351. The van der Waals surface area contributed by atoms with Gasteiger partial charge in [-0.1, -0.05) is 6.42 Å². The van der Waals surface area contributed by atoms with E-state index in [0.717, 1.165) is 19.4 Å². The second-order valence-electron chi connectivity index (χ2n) is 3.90. The first-order valence-electron chi connectivity index (χ1n) is 5.59. The number of imide groups is 1. The molecule has 3 amide bonds. The summed E-state index contributed by atoms with van der Waals surface area (Å²) in [7, 11) is 0. The van der Waals surface area contributed by atoms with E-state index in [-0.39, 0.29) is 6.61 Å². The molecule has 4 N–H and O–H groups in total. The van der Waals surface area contributed by atoms with Gasteiger partial charge in [-0.05, 0) is 25.8 Å². The Kier molecular flexibility index (Phi) is 5.81. The van der Waals surface area contributed by atoms with Crippen LogP contribution in [-0.2, 0) is 9.53 Å². The van der Waals surface area contributed by atoms with Gasteiger partial charge in [0, 0.05) is 12.6 Å². The van der Waals surface area contributed by atoms with Crippen molar-refractivity contribution >= 4 is 11.9 Å². The van der Waals surface area contributed by atoms with Gasteiger partial charge in [0.1, 0.15) is 6.61 Å². The largest absolute Gasteiger partial charge is 0.372 e. The SMILES string of the molecule is NC(=O)NC(=O)COCCC1CCCCN1. The standard InChI is InChI=1S/C10H19N3O3/c11-10(15)13-9(14)7-16-6-4-8-3-1-2-5-12-8/h8,12H,1-7H2,(H3,11,13,14,15). The molecule has 0 aliphatic carbocycles. The molecule has 0 aromatic heterocycles. The highest BCUT2D eigenvalue weighted by Gasteiger charge is 2.12. The minimum Gasteiger partial charge on any atom is -0.372 e. The number of piperidine rings is 1. The Morgan fingerprint density at radius 3 is 2.88 bits per heavy atom. The van der Waals surface area contributed by atoms with E-state index in [1.807, 2.05) is 5.32 Å². The Hall–Kier alpha value is -1.14. The fourth-order valence-corrected chi connectivity index (χ4v) is 1.73. The van der Waals surface area contributed by atoms with E-state index in [1.165, 1.54) is 12.8 Å². The monoisotopic (exact) mass is 229 g/mol. The van der Waals surface area contributed by atoms with Gasteiger partial charge >= 0.3 is 6.03 Å². The number of amides is 3. The van der Waals surface area contributed by atoms with Gasteiger partial charge in [-0.2, -0.15) is 0 Å². The topological polar surface area (TPSA) is 93.5 Å². The first-order chi connectivity index (χ1) is 7.68. The van der Waals surface area contributed by atoms with E-state index in [4.69, 9.17) is 10.5 Å². The van der Waals surface area contributed by atoms with Crippen LogP contribution in [-0.4, -0.2) is 37.7 Å². The molecule has 6 heteroatoms.